The average Bonchev–Trinajstić information content (AvgIpc) is 2.62. The Hall–Kier alpha value is -1.78. The summed E-state index contributed by atoms with van der Waals surface area (Å²) in [6.07, 6.45) is 2.58. The minimum Gasteiger partial charge on any atom is -0.403 e. The summed E-state index contributed by atoms with van der Waals surface area (Å²) >= 11 is 0. The van der Waals surface area contributed by atoms with Gasteiger partial charge in [-0.2, -0.15) is 0 Å². The van der Waals surface area contributed by atoms with E-state index in [4.69, 9.17) is 0 Å². The standard InChI is InChI=1S/C22H24F4O/c1-13-2-3-15-11-16(5-4-14(15)10-13)17-6-8-19-18(12-17)7-9-20(21(19)23)27-22(24,25)26/h6-9,12-16H,2-5,10-11H2,1H3. The maximum absolute atomic E-state index is 14.4. The summed E-state index contributed by atoms with van der Waals surface area (Å²) in [5.74, 6) is 1.17. The van der Waals surface area contributed by atoms with E-state index in [1.807, 2.05) is 12.1 Å². The largest absolute Gasteiger partial charge is 0.573 e. The van der Waals surface area contributed by atoms with Crippen molar-refractivity contribution in [3.05, 3.63) is 41.7 Å². The van der Waals surface area contributed by atoms with E-state index in [-0.39, 0.29) is 5.39 Å². The maximum atomic E-state index is 14.4. The zero-order valence-corrected chi connectivity index (χ0v) is 15.4. The van der Waals surface area contributed by atoms with E-state index in [1.54, 1.807) is 6.07 Å². The summed E-state index contributed by atoms with van der Waals surface area (Å²) in [4.78, 5) is 0. The maximum Gasteiger partial charge on any atom is 0.573 e. The lowest BCUT2D eigenvalue weighted by molar-refractivity contribution is -0.275. The molecular formula is C22H24F4O. The van der Waals surface area contributed by atoms with Gasteiger partial charge in [0.15, 0.2) is 11.6 Å². The third kappa shape index (κ3) is 3.92. The number of halogens is 4. The molecule has 2 aliphatic rings. The fourth-order valence-electron chi connectivity index (χ4n) is 5.17. The Balaban J connectivity index is 1.56. The molecule has 2 aromatic carbocycles. The lowest BCUT2D eigenvalue weighted by Gasteiger charge is -2.41. The summed E-state index contributed by atoms with van der Waals surface area (Å²) < 4.78 is 55.4. The van der Waals surface area contributed by atoms with E-state index in [0.29, 0.717) is 11.3 Å². The number of fused-ring (bicyclic) bond motifs is 2. The minimum absolute atomic E-state index is 0.167. The van der Waals surface area contributed by atoms with Crippen LogP contribution in [0, 0.1) is 23.6 Å². The fourth-order valence-corrected chi connectivity index (χ4v) is 5.17. The predicted octanol–water partition coefficient (Wildman–Crippen LogP) is 7.20. The van der Waals surface area contributed by atoms with Crippen LogP contribution < -0.4 is 4.74 Å². The highest BCUT2D eigenvalue weighted by Crippen LogP contribution is 2.47. The molecule has 0 spiro atoms. The van der Waals surface area contributed by atoms with Gasteiger partial charge in [-0.3, -0.25) is 0 Å². The Morgan fingerprint density at radius 2 is 1.67 bits per heavy atom. The number of rotatable bonds is 2. The molecule has 0 saturated heterocycles. The van der Waals surface area contributed by atoms with Gasteiger partial charge in [0.05, 0.1) is 0 Å². The molecular weight excluding hydrogens is 356 g/mol. The highest BCUT2D eigenvalue weighted by atomic mass is 19.4. The van der Waals surface area contributed by atoms with Gasteiger partial charge in [-0.05, 0) is 72.8 Å². The van der Waals surface area contributed by atoms with E-state index in [2.05, 4.69) is 11.7 Å². The van der Waals surface area contributed by atoms with Crippen molar-refractivity contribution in [2.75, 3.05) is 0 Å². The molecule has 4 atom stereocenters. The van der Waals surface area contributed by atoms with Crippen molar-refractivity contribution in [1.29, 1.82) is 0 Å². The molecule has 2 aromatic rings. The van der Waals surface area contributed by atoms with E-state index in [1.165, 1.54) is 43.7 Å². The molecule has 0 bridgehead atoms. The van der Waals surface area contributed by atoms with Crippen molar-refractivity contribution in [3.63, 3.8) is 0 Å². The van der Waals surface area contributed by atoms with Crippen LogP contribution in [0.15, 0.2) is 30.3 Å². The molecule has 1 nitrogen and oxygen atoms in total. The second kappa shape index (κ2) is 6.99. The Morgan fingerprint density at radius 3 is 2.44 bits per heavy atom. The SMILES string of the molecule is CC1CCC2CC(c3ccc4c(F)c(OC(F)(F)F)ccc4c3)CCC2C1. The van der Waals surface area contributed by atoms with E-state index < -0.39 is 17.9 Å². The Morgan fingerprint density at radius 1 is 0.926 bits per heavy atom. The van der Waals surface area contributed by atoms with Crippen molar-refractivity contribution < 1.29 is 22.3 Å². The van der Waals surface area contributed by atoms with Gasteiger partial charge >= 0.3 is 6.36 Å². The van der Waals surface area contributed by atoms with Crippen LogP contribution in [0.1, 0.15) is 56.9 Å². The molecule has 2 aliphatic carbocycles. The summed E-state index contributed by atoms with van der Waals surface area (Å²) in [6.45, 7) is 2.34. The van der Waals surface area contributed by atoms with Crippen molar-refractivity contribution in [2.45, 2.75) is 57.7 Å². The van der Waals surface area contributed by atoms with Gasteiger partial charge in [-0.15, -0.1) is 13.2 Å². The van der Waals surface area contributed by atoms with Crippen LogP contribution in [0.4, 0.5) is 17.6 Å². The van der Waals surface area contributed by atoms with Crippen LogP contribution in [0.25, 0.3) is 10.8 Å². The van der Waals surface area contributed by atoms with Gasteiger partial charge in [0.25, 0.3) is 0 Å². The van der Waals surface area contributed by atoms with E-state index >= 15 is 0 Å². The molecule has 4 rings (SSSR count). The van der Waals surface area contributed by atoms with E-state index in [0.717, 1.165) is 30.2 Å². The van der Waals surface area contributed by atoms with Crippen molar-refractivity contribution in [3.8, 4) is 5.75 Å². The average molecular weight is 380 g/mol. The van der Waals surface area contributed by atoms with Crippen LogP contribution >= 0.6 is 0 Å². The third-order valence-corrected chi connectivity index (χ3v) is 6.52. The van der Waals surface area contributed by atoms with Gasteiger partial charge in [0.1, 0.15) is 0 Å². The Kier molecular flexibility index (Phi) is 4.81. The van der Waals surface area contributed by atoms with Crippen molar-refractivity contribution in [2.24, 2.45) is 17.8 Å². The number of alkyl halides is 3. The molecule has 0 radical (unpaired) electrons. The van der Waals surface area contributed by atoms with Crippen LogP contribution in [-0.2, 0) is 0 Å². The summed E-state index contributed by atoms with van der Waals surface area (Å²) in [5, 5.41) is 0.791. The number of hydrogen-bond donors (Lipinski definition) is 0. The molecule has 0 amide bonds. The smallest absolute Gasteiger partial charge is 0.403 e. The summed E-state index contributed by atoms with van der Waals surface area (Å²) in [5.41, 5.74) is 1.17. The molecule has 5 heteroatoms. The first-order valence-electron chi connectivity index (χ1n) is 9.78. The topological polar surface area (TPSA) is 9.23 Å². The monoisotopic (exact) mass is 380 g/mol. The first kappa shape index (κ1) is 18.6. The zero-order valence-electron chi connectivity index (χ0n) is 15.4. The van der Waals surface area contributed by atoms with Crippen molar-refractivity contribution in [1.82, 2.24) is 0 Å². The van der Waals surface area contributed by atoms with E-state index in [9.17, 15) is 17.6 Å². The van der Waals surface area contributed by atoms with Gasteiger partial charge in [-0.25, -0.2) is 4.39 Å². The Labute approximate surface area is 156 Å². The number of hydrogen-bond acceptors (Lipinski definition) is 1. The summed E-state index contributed by atoms with van der Waals surface area (Å²) in [7, 11) is 0. The van der Waals surface area contributed by atoms with Gasteiger partial charge < -0.3 is 4.74 Å². The zero-order chi connectivity index (χ0) is 19.2. The molecule has 27 heavy (non-hydrogen) atoms. The molecule has 0 aliphatic heterocycles. The molecule has 2 saturated carbocycles. The van der Waals surface area contributed by atoms with Crippen LogP contribution in [-0.4, -0.2) is 6.36 Å². The first-order valence-corrected chi connectivity index (χ1v) is 9.78. The van der Waals surface area contributed by atoms with Gasteiger partial charge in [-0.1, -0.05) is 37.6 Å². The normalized spacial score (nSPS) is 28.8. The van der Waals surface area contributed by atoms with Gasteiger partial charge in [0.2, 0.25) is 0 Å². The minimum atomic E-state index is -4.90. The first-order chi connectivity index (χ1) is 12.8. The number of benzene rings is 2. The van der Waals surface area contributed by atoms with Crippen LogP contribution in [0.5, 0.6) is 5.75 Å². The third-order valence-electron chi connectivity index (χ3n) is 6.52. The van der Waals surface area contributed by atoms with Gasteiger partial charge in [0, 0.05) is 5.39 Å². The fraction of sp³-hybridized carbons (Fsp3) is 0.545. The molecule has 146 valence electrons. The molecule has 0 aromatic heterocycles. The molecule has 2 fully saturated rings. The number of ether oxygens (including phenoxy) is 1. The second-order valence-electron chi connectivity index (χ2n) is 8.35. The molecule has 0 heterocycles. The lowest BCUT2D eigenvalue weighted by atomic mass is 9.64. The second-order valence-corrected chi connectivity index (χ2v) is 8.35. The van der Waals surface area contributed by atoms with Crippen molar-refractivity contribution >= 4 is 10.8 Å². The predicted molar refractivity (Wildman–Crippen MR) is 97.2 cm³/mol. The quantitative estimate of drug-likeness (QED) is 0.501. The highest BCUT2D eigenvalue weighted by Gasteiger charge is 2.35. The molecule has 0 N–H and O–H groups in total. The summed E-state index contributed by atoms with van der Waals surface area (Å²) in [6, 6.07) is 7.98. The lowest BCUT2D eigenvalue weighted by Crippen LogP contribution is -2.29. The Bertz CT molecular complexity index is 829. The molecule has 4 unspecified atom stereocenters. The van der Waals surface area contributed by atoms with Crippen LogP contribution in [0.3, 0.4) is 0 Å². The highest BCUT2D eigenvalue weighted by molar-refractivity contribution is 5.85. The van der Waals surface area contributed by atoms with Crippen LogP contribution in [0.2, 0.25) is 0 Å².